The minimum absolute atomic E-state index is 0.332. The molecule has 88 valence electrons. The predicted molar refractivity (Wildman–Crippen MR) is 57.8 cm³/mol. The second-order valence-corrected chi connectivity index (χ2v) is 3.94. The maximum Gasteiger partial charge on any atom is 0.317 e. The molecule has 5 nitrogen and oxygen atoms in total. The van der Waals surface area contributed by atoms with E-state index >= 15 is 0 Å². The highest BCUT2D eigenvalue weighted by molar-refractivity contribution is 5.81. The van der Waals surface area contributed by atoms with E-state index in [1.165, 1.54) is 7.11 Å². The maximum atomic E-state index is 11.5. The topological polar surface area (TPSA) is 61.3 Å². The van der Waals surface area contributed by atoms with Crippen LogP contribution in [0.1, 0.15) is 25.2 Å². The average Bonchev–Trinajstić information content (AvgIpc) is 2.29. The van der Waals surface area contributed by atoms with Crippen molar-refractivity contribution in [2.45, 2.75) is 25.9 Å². The number of hydrogen-bond acceptors (Lipinski definition) is 5. The number of hydrogen-bond donors (Lipinski definition) is 0. The molecule has 0 unspecified atom stereocenters. The Morgan fingerprint density at radius 3 is 2.44 bits per heavy atom. The fourth-order valence-corrected chi connectivity index (χ4v) is 1.26. The van der Waals surface area contributed by atoms with Gasteiger partial charge in [0.2, 0.25) is 0 Å². The molecule has 0 radical (unpaired) electrons. The minimum atomic E-state index is -0.784. The molecule has 0 aliphatic carbocycles. The van der Waals surface area contributed by atoms with Gasteiger partial charge in [-0.2, -0.15) is 0 Å². The van der Waals surface area contributed by atoms with E-state index in [9.17, 15) is 4.79 Å². The molecule has 1 heterocycles. The van der Waals surface area contributed by atoms with Crippen LogP contribution in [0.25, 0.3) is 0 Å². The highest BCUT2D eigenvalue weighted by Crippen LogP contribution is 2.21. The summed E-state index contributed by atoms with van der Waals surface area (Å²) in [4.78, 5) is 19.9. The van der Waals surface area contributed by atoms with Gasteiger partial charge in [-0.3, -0.25) is 14.8 Å². The van der Waals surface area contributed by atoms with Crippen molar-refractivity contribution >= 4 is 5.97 Å². The van der Waals surface area contributed by atoms with Crippen molar-refractivity contribution < 1.29 is 14.3 Å². The zero-order valence-electron chi connectivity index (χ0n) is 9.98. The van der Waals surface area contributed by atoms with Gasteiger partial charge in [-0.05, 0) is 13.8 Å². The SMILES string of the molecule is COCc1cnc(C(C)(C)C(=O)OC)cn1. The van der Waals surface area contributed by atoms with Crippen molar-refractivity contribution in [2.24, 2.45) is 0 Å². The third-order valence-corrected chi connectivity index (χ3v) is 2.33. The van der Waals surface area contributed by atoms with E-state index in [0.29, 0.717) is 12.3 Å². The van der Waals surface area contributed by atoms with Crippen molar-refractivity contribution in [3.8, 4) is 0 Å². The second kappa shape index (κ2) is 5.03. The molecule has 1 aromatic rings. The van der Waals surface area contributed by atoms with E-state index < -0.39 is 5.41 Å². The molecular weight excluding hydrogens is 208 g/mol. The Bertz CT molecular complexity index is 360. The molecule has 1 aromatic heterocycles. The van der Waals surface area contributed by atoms with Gasteiger partial charge in [0.1, 0.15) is 5.41 Å². The number of aromatic nitrogens is 2. The van der Waals surface area contributed by atoms with Crippen molar-refractivity contribution in [1.82, 2.24) is 9.97 Å². The first-order chi connectivity index (χ1) is 7.52. The van der Waals surface area contributed by atoms with Crippen molar-refractivity contribution in [3.63, 3.8) is 0 Å². The van der Waals surface area contributed by atoms with Gasteiger partial charge >= 0.3 is 5.97 Å². The molecule has 0 N–H and O–H groups in total. The monoisotopic (exact) mass is 224 g/mol. The lowest BCUT2D eigenvalue weighted by Gasteiger charge is -2.20. The van der Waals surface area contributed by atoms with Gasteiger partial charge in [0.15, 0.2) is 0 Å². The predicted octanol–water partition coefficient (Wildman–Crippen LogP) is 1.07. The zero-order valence-corrected chi connectivity index (χ0v) is 9.98. The van der Waals surface area contributed by atoms with Gasteiger partial charge in [0.25, 0.3) is 0 Å². The summed E-state index contributed by atoms with van der Waals surface area (Å²) >= 11 is 0. The Morgan fingerprint density at radius 2 is 2.00 bits per heavy atom. The van der Waals surface area contributed by atoms with Crippen molar-refractivity contribution in [2.75, 3.05) is 14.2 Å². The molecule has 0 fully saturated rings. The summed E-state index contributed by atoms with van der Waals surface area (Å²) in [6.07, 6.45) is 3.18. The molecule has 0 aliphatic heterocycles. The Hall–Kier alpha value is -1.49. The third kappa shape index (κ3) is 2.55. The van der Waals surface area contributed by atoms with Crippen LogP contribution >= 0.6 is 0 Å². The summed E-state index contributed by atoms with van der Waals surface area (Å²) in [5.74, 6) is -0.332. The van der Waals surface area contributed by atoms with Crippen LogP contribution in [0.3, 0.4) is 0 Å². The van der Waals surface area contributed by atoms with Gasteiger partial charge in [-0.25, -0.2) is 0 Å². The minimum Gasteiger partial charge on any atom is -0.468 e. The van der Waals surface area contributed by atoms with Gasteiger partial charge in [0.05, 0.1) is 31.3 Å². The van der Waals surface area contributed by atoms with Crippen LogP contribution in [0, 0.1) is 0 Å². The Morgan fingerprint density at radius 1 is 1.31 bits per heavy atom. The highest BCUT2D eigenvalue weighted by Gasteiger charge is 2.32. The third-order valence-electron chi connectivity index (χ3n) is 2.33. The summed E-state index contributed by atoms with van der Waals surface area (Å²) in [7, 11) is 2.95. The summed E-state index contributed by atoms with van der Waals surface area (Å²) in [5.41, 5.74) is 0.527. The molecule has 0 aliphatic rings. The van der Waals surface area contributed by atoms with Crippen LogP contribution in [-0.4, -0.2) is 30.2 Å². The quantitative estimate of drug-likeness (QED) is 0.716. The summed E-state index contributed by atoms with van der Waals surface area (Å²) in [6, 6.07) is 0. The van der Waals surface area contributed by atoms with Crippen LogP contribution < -0.4 is 0 Å². The van der Waals surface area contributed by atoms with E-state index in [4.69, 9.17) is 9.47 Å². The molecule has 0 saturated carbocycles. The van der Waals surface area contributed by atoms with Crippen LogP contribution in [0.2, 0.25) is 0 Å². The van der Waals surface area contributed by atoms with Gasteiger partial charge in [-0.15, -0.1) is 0 Å². The van der Waals surface area contributed by atoms with Gasteiger partial charge in [-0.1, -0.05) is 0 Å². The number of ether oxygens (including phenoxy) is 2. The van der Waals surface area contributed by atoms with Crippen LogP contribution in [0.15, 0.2) is 12.4 Å². The number of esters is 1. The Labute approximate surface area is 94.8 Å². The lowest BCUT2D eigenvalue weighted by Crippen LogP contribution is -2.31. The smallest absolute Gasteiger partial charge is 0.317 e. The van der Waals surface area contributed by atoms with E-state index in [0.717, 1.165) is 5.69 Å². The number of rotatable bonds is 4. The molecule has 1 rings (SSSR count). The first-order valence-corrected chi connectivity index (χ1v) is 4.91. The summed E-state index contributed by atoms with van der Waals surface area (Å²) < 4.78 is 9.64. The first-order valence-electron chi connectivity index (χ1n) is 4.91. The fourth-order valence-electron chi connectivity index (χ4n) is 1.26. The summed E-state index contributed by atoms with van der Waals surface area (Å²) in [5, 5.41) is 0. The van der Waals surface area contributed by atoms with E-state index in [2.05, 4.69) is 9.97 Å². The molecule has 0 saturated heterocycles. The normalized spacial score (nSPS) is 11.2. The van der Waals surface area contributed by atoms with Crippen molar-refractivity contribution in [1.29, 1.82) is 0 Å². The molecule has 0 amide bonds. The zero-order chi connectivity index (χ0) is 12.2. The molecule has 16 heavy (non-hydrogen) atoms. The Kier molecular flexibility index (Phi) is 3.95. The highest BCUT2D eigenvalue weighted by atomic mass is 16.5. The Balaban J connectivity index is 2.92. The molecule has 0 spiro atoms. The lowest BCUT2D eigenvalue weighted by atomic mass is 9.90. The lowest BCUT2D eigenvalue weighted by molar-refractivity contribution is -0.146. The number of carbonyl (C=O) groups is 1. The molecule has 0 aromatic carbocycles. The first kappa shape index (κ1) is 12.6. The molecule has 0 bridgehead atoms. The fraction of sp³-hybridized carbons (Fsp3) is 0.545. The number of nitrogens with zero attached hydrogens (tertiary/aromatic N) is 2. The molecule has 0 atom stereocenters. The van der Waals surface area contributed by atoms with Crippen LogP contribution in [-0.2, 0) is 26.3 Å². The second-order valence-electron chi connectivity index (χ2n) is 3.94. The average molecular weight is 224 g/mol. The molecule has 5 heteroatoms. The maximum absolute atomic E-state index is 11.5. The van der Waals surface area contributed by atoms with E-state index in [1.807, 2.05) is 0 Å². The summed E-state index contributed by atoms with van der Waals surface area (Å²) in [6.45, 7) is 3.91. The van der Waals surface area contributed by atoms with Crippen molar-refractivity contribution in [3.05, 3.63) is 23.8 Å². The van der Waals surface area contributed by atoms with E-state index in [-0.39, 0.29) is 5.97 Å². The van der Waals surface area contributed by atoms with Crippen LogP contribution in [0.5, 0.6) is 0 Å². The van der Waals surface area contributed by atoms with E-state index in [1.54, 1.807) is 33.4 Å². The van der Waals surface area contributed by atoms with Crippen LogP contribution in [0.4, 0.5) is 0 Å². The largest absolute Gasteiger partial charge is 0.468 e. The number of methoxy groups -OCH3 is 2. The van der Waals surface area contributed by atoms with Gasteiger partial charge in [0, 0.05) is 13.3 Å². The van der Waals surface area contributed by atoms with Gasteiger partial charge < -0.3 is 9.47 Å². The number of carbonyl (C=O) groups excluding carboxylic acids is 1. The standard InChI is InChI=1S/C11H16N2O3/c1-11(2,10(14)16-4)9-6-12-8(5-13-9)7-15-3/h5-6H,7H2,1-4H3. The molecular formula is C11H16N2O3.